The summed E-state index contributed by atoms with van der Waals surface area (Å²) >= 11 is 0. The van der Waals surface area contributed by atoms with E-state index in [0.717, 1.165) is 6.92 Å². The van der Waals surface area contributed by atoms with Gasteiger partial charge in [0.1, 0.15) is 0 Å². The second-order valence-electron chi connectivity index (χ2n) is 4.53. The number of aryl methyl sites for hydroxylation is 1. The summed E-state index contributed by atoms with van der Waals surface area (Å²) in [4.78, 5) is 9.00. The minimum absolute atomic E-state index is 0.833. The van der Waals surface area contributed by atoms with Crippen LogP contribution < -0.4 is 0 Å². The summed E-state index contributed by atoms with van der Waals surface area (Å²) in [7, 11) is 2.12. The number of nitrogens with zero attached hydrogens (tertiary/aromatic N) is 1. The van der Waals surface area contributed by atoms with Crippen LogP contribution in [-0.2, 0) is 11.8 Å². The van der Waals surface area contributed by atoms with Gasteiger partial charge in [-0.05, 0) is 17.7 Å². The first-order valence-corrected chi connectivity index (χ1v) is 6.39. The van der Waals surface area contributed by atoms with E-state index in [9.17, 15) is 0 Å². The van der Waals surface area contributed by atoms with Crippen LogP contribution in [0, 0.1) is 0 Å². The van der Waals surface area contributed by atoms with Gasteiger partial charge in [-0.2, -0.15) is 0 Å². The summed E-state index contributed by atoms with van der Waals surface area (Å²) in [5.41, 5.74) is 3.81. The molecule has 20 heavy (non-hydrogen) atoms. The van der Waals surface area contributed by atoms with Crippen molar-refractivity contribution in [2.45, 2.75) is 6.92 Å². The molecule has 3 heteroatoms. The summed E-state index contributed by atoms with van der Waals surface area (Å²) < 4.78 is 2.24. The smallest absolute Gasteiger partial charge is 0.300 e. The van der Waals surface area contributed by atoms with Crippen LogP contribution in [-0.4, -0.2) is 15.6 Å². The number of rotatable bonds is 1. The summed E-state index contributed by atoms with van der Waals surface area (Å²) in [6.07, 6.45) is 0. The molecule has 1 N–H and O–H groups in total. The highest BCUT2D eigenvalue weighted by Gasteiger charge is 2.05. The predicted molar refractivity (Wildman–Crippen MR) is 81.7 cm³/mol. The fraction of sp³-hybridized carbons (Fsp3) is 0.118. The fourth-order valence-corrected chi connectivity index (χ4v) is 2.17. The second kappa shape index (κ2) is 6.06. The van der Waals surface area contributed by atoms with E-state index in [2.05, 4.69) is 66.2 Å². The first kappa shape index (κ1) is 13.9. The fourth-order valence-electron chi connectivity index (χ4n) is 2.17. The Morgan fingerprint density at radius 1 is 1.00 bits per heavy atom. The minimum Gasteiger partial charge on any atom is -0.481 e. The highest BCUT2D eigenvalue weighted by Crippen LogP contribution is 2.26. The number of carbonyl (C=O) groups is 1. The Morgan fingerprint density at radius 3 is 2.15 bits per heavy atom. The molecule has 0 amide bonds. The lowest BCUT2D eigenvalue weighted by molar-refractivity contribution is -0.134. The molecule has 0 saturated heterocycles. The van der Waals surface area contributed by atoms with Crippen molar-refractivity contribution in [3.63, 3.8) is 0 Å². The standard InChI is InChI=1S/C15H13N.C2H4O2/c1-16-14-10-6-5-9-13(14)11-15(16)12-7-3-2-4-8-12;1-2(3)4/h2-11H,1H3;1H3,(H,3,4). The van der Waals surface area contributed by atoms with Crippen molar-refractivity contribution in [3.8, 4) is 11.3 Å². The van der Waals surface area contributed by atoms with Crippen LogP contribution in [0.15, 0.2) is 60.7 Å². The monoisotopic (exact) mass is 267 g/mol. The third-order valence-corrected chi connectivity index (χ3v) is 3.02. The highest BCUT2D eigenvalue weighted by atomic mass is 16.4. The molecule has 102 valence electrons. The number of hydrogen-bond donors (Lipinski definition) is 1. The number of hydrogen-bond acceptors (Lipinski definition) is 1. The van der Waals surface area contributed by atoms with E-state index in [0.29, 0.717) is 0 Å². The zero-order valence-corrected chi connectivity index (χ0v) is 11.6. The number of carboxylic acids is 1. The summed E-state index contributed by atoms with van der Waals surface area (Å²) in [6.45, 7) is 1.08. The Balaban J connectivity index is 0.000000328. The van der Waals surface area contributed by atoms with E-state index in [1.54, 1.807) is 0 Å². The van der Waals surface area contributed by atoms with Gasteiger partial charge in [0.05, 0.1) is 0 Å². The van der Waals surface area contributed by atoms with Gasteiger partial charge in [0.15, 0.2) is 0 Å². The largest absolute Gasteiger partial charge is 0.481 e. The van der Waals surface area contributed by atoms with Crippen molar-refractivity contribution < 1.29 is 9.90 Å². The predicted octanol–water partition coefficient (Wildman–Crippen LogP) is 3.94. The van der Waals surface area contributed by atoms with E-state index in [1.807, 2.05) is 6.07 Å². The van der Waals surface area contributed by atoms with Gasteiger partial charge in [0.2, 0.25) is 0 Å². The second-order valence-corrected chi connectivity index (χ2v) is 4.53. The molecular formula is C17H17NO2. The molecular weight excluding hydrogens is 250 g/mol. The number of aromatic nitrogens is 1. The molecule has 0 spiro atoms. The van der Waals surface area contributed by atoms with Gasteiger partial charge >= 0.3 is 0 Å². The topological polar surface area (TPSA) is 42.2 Å². The van der Waals surface area contributed by atoms with Crippen LogP contribution in [0.3, 0.4) is 0 Å². The van der Waals surface area contributed by atoms with Crippen molar-refractivity contribution in [2.24, 2.45) is 7.05 Å². The third-order valence-electron chi connectivity index (χ3n) is 3.02. The lowest BCUT2D eigenvalue weighted by atomic mass is 10.1. The summed E-state index contributed by atoms with van der Waals surface area (Å²) in [5.74, 6) is -0.833. The molecule has 0 radical (unpaired) electrons. The average Bonchev–Trinajstić information content (AvgIpc) is 2.77. The number of carboxylic acid groups (broad SMARTS) is 1. The van der Waals surface area contributed by atoms with Gasteiger partial charge in [-0.3, -0.25) is 4.79 Å². The van der Waals surface area contributed by atoms with Crippen molar-refractivity contribution in [2.75, 3.05) is 0 Å². The molecule has 3 aromatic rings. The number of fused-ring (bicyclic) bond motifs is 1. The van der Waals surface area contributed by atoms with Gasteiger partial charge in [-0.25, -0.2) is 0 Å². The number of benzene rings is 2. The van der Waals surface area contributed by atoms with Crippen molar-refractivity contribution in [3.05, 3.63) is 60.7 Å². The Hall–Kier alpha value is -2.55. The first-order valence-electron chi connectivity index (χ1n) is 6.39. The normalized spacial score (nSPS) is 9.90. The van der Waals surface area contributed by atoms with Gasteiger partial charge in [-0.1, -0.05) is 48.5 Å². The Labute approximate surface area is 118 Å². The molecule has 0 unspecified atom stereocenters. The van der Waals surface area contributed by atoms with Crippen LogP contribution in [0.2, 0.25) is 0 Å². The quantitative estimate of drug-likeness (QED) is 0.725. The molecule has 0 saturated carbocycles. The number of para-hydroxylation sites is 1. The van der Waals surface area contributed by atoms with Gasteiger partial charge in [0, 0.05) is 30.6 Å². The lowest BCUT2D eigenvalue weighted by Crippen LogP contribution is -1.90. The molecule has 1 heterocycles. The van der Waals surface area contributed by atoms with E-state index in [-0.39, 0.29) is 0 Å². The molecule has 3 rings (SSSR count). The van der Waals surface area contributed by atoms with E-state index in [4.69, 9.17) is 9.90 Å². The summed E-state index contributed by atoms with van der Waals surface area (Å²) in [5, 5.41) is 8.71. The zero-order valence-electron chi connectivity index (χ0n) is 11.6. The van der Waals surface area contributed by atoms with Gasteiger partial charge < -0.3 is 9.67 Å². The van der Waals surface area contributed by atoms with E-state index >= 15 is 0 Å². The van der Waals surface area contributed by atoms with Crippen LogP contribution >= 0.6 is 0 Å². The molecule has 2 aromatic carbocycles. The van der Waals surface area contributed by atoms with Crippen LogP contribution in [0.1, 0.15) is 6.92 Å². The minimum atomic E-state index is -0.833. The lowest BCUT2D eigenvalue weighted by Gasteiger charge is -2.03. The maximum Gasteiger partial charge on any atom is 0.300 e. The molecule has 0 aliphatic heterocycles. The Morgan fingerprint density at radius 2 is 1.55 bits per heavy atom. The SMILES string of the molecule is CC(=O)O.Cn1c(-c2ccccc2)cc2ccccc21. The molecule has 0 atom stereocenters. The first-order chi connectivity index (χ1) is 9.59. The highest BCUT2D eigenvalue weighted by molar-refractivity contribution is 5.86. The van der Waals surface area contributed by atoms with Crippen molar-refractivity contribution in [1.29, 1.82) is 0 Å². The van der Waals surface area contributed by atoms with Gasteiger partial charge in [-0.15, -0.1) is 0 Å². The number of aliphatic carboxylic acids is 1. The molecule has 0 fully saturated rings. The third kappa shape index (κ3) is 3.06. The Kier molecular flexibility index (Phi) is 4.20. The zero-order chi connectivity index (χ0) is 14.5. The average molecular weight is 267 g/mol. The van der Waals surface area contributed by atoms with Crippen LogP contribution in [0.25, 0.3) is 22.2 Å². The van der Waals surface area contributed by atoms with E-state index < -0.39 is 5.97 Å². The molecule has 3 nitrogen and oxygen atoms in total. The van der Waals surface area contributed by atoms with Crippen LogP contribution in [0.5, 0.6) is 0 Å². The van der Waals surface area contributed by atoms with E-state index in [1.165, 1.54) is 22.2 Å². The molecule has 0 aliphatic carbocycles. The van der Waals surface area contributed by atoms with Crippen LogP contribution in [0.4, 0.5) is 0 Å². The Bertz CT molecular complexity index is 710. The van der Waals surface area contributed by atoms with Gasteiger partial charge in [0.25, 0.3) is 5.97 Å². The molecule has 0 bridgehead atoms. The molecule has 0 aliphatic rings. The van der Waals surface area contributed by atoms with Crippen molar-refractivity contribution in [1.82, 2.24) is 4.57 Å². The maximum absolute atomic E-state index is 9.00. The molecule has 1 aromatic heterocycles. The summed E-state index contributed by atoms with van der Waals surface area (Å²) in [6, 6.07) is 21.2. The van der Waals surface area contributed by atoms with Crippen molar-refractivity contribution >= 4 is 16.9 Å². The maximum atomic E-state index is 9.00.